The lowest BCUT2D eigenvalue weighted by molar-refractivity contribution is -0.142. The van der Waals surface area contributed by atoms with Crippen LogP contribution in [-0.2, 0) is 17.1 Å². The van der Waals surface area contributed by atoms with Crippen molar-refractivity contribution in [1.29, 1.82) is 0 Å². The highest BCUT2D eigenvalue weighted by atomic mass is 35.5. The van der Waals surface area contributed by atoms with E-state index in [4.69, 9.17) is 11.6 Å². The van der Waals surface area contributed by atoms with E-state index in [1.807, 2.05) is 5.32 Å². The maximum Gasteiger partial charge on any atom is 0.418 e. The Bertz CT molecular complexity index is 984. The number of nitrogens with zero attached hydrogens (tertiary/aromatic N) is 2. The summed E-state index contributed by atoms with van der Waals surface area (Å²) < 4.78 is 78.7. The van der Waals surface area contributed by atoms with Crippen LogP contribution in [0.5, 0.6) is 0 Å². The number of likely N-dealkylation sites (N-methyl/N-ethyl adjacent to an activating group) is 1. The van der Waals surface area contributed by atoms with Gasteiger partial charge in [-0.1, -0.05) is 23.3 Å². The highest BCUT2D eigenvalue weighted by Crippen LogP contribution is 2.39. The van der Waals surface area contributed by atoms with Crippen molar-refractivity contribution in [1.82, 2.24) is 9.80 Å². The van der Waals surface area contributed by atoms with E-state index >= 15 is 0 Å². The van der Waals surface area contributed by atoms with Crippen LogP contribution in [0.15, 0.2) is 41.0 Å². The number of benzene rings is 1. The fraction of sp³-hybridized carbons (Fsp3) is 0.455. The first-order chi connectivity index (χ1) is 15.6. The van der Waals surface area contributed by atoms with E-state index in [9.17, 15) is 35.9 Å². The van der Waals surface area contributed by atoms with Crippen LogP contribution in [-0.4, -0.2) is 47.9 Å². The second-order valence-corrected chi connectivity index (χ2v) is 8.59. The third kappa shape index (κ3) is 7.15. The van der Waals surface area contributed by atoms with Gasteiger partial charge in [0, 0.05) is 25.2 Å². The van der Waals surface area contributed by atoms with Crippen LogP contribution < -0.4 is 5.32 Å². The number of rotatable bonds is 5. The van der Waals surface area contributed by atoms with Crippen LogP contribution in [0.25, 0.3) is 0 Å². The Balaban J connectivity index is 2.20. The van der Waals surface area contributed by atoms with Crippen molar-refractivity contribution < 1.29 is 35.9 Å². The van der Waals surface area contributed by atoms with E-state index in [2.05, 4.69) is 0 Å². The SMILES string of the molecule is C/C(Cl)=C\C=C(/C)CN(C)C(=O)[C@H]1CCCN1C(=O)Nc1ccc(C(F)(F)F)cc1C(F)(F)F. The molecule has 5 nitrogen and oxygen atoms in total. The average Bonchev–Trinajstić information content (AvgIpc) is 3.20. The van der Waals surface area contributed by atoms with E-state index in [0.717, 1.165) is 10.5 Å². The predicted molar refractivity (Wildman–Crippen MR) is 116 cm³/mol. The van der Waals surface area contributed by atoms with Crippen LogP contribution in [0, 0.1) is 0 Å². The molecule has 1 N–H and O–H groups in total. The normalized spacial score (nSPS) is 17.7. The van der Waals surface area contributed by atoms with Gasteiger partial charge in [-0.2, -0.15) is 26.3 Å². The van der Waals surface area contributed by atoms with Crippen molar-refractivity contribution in [2.24, 2.45) is 0 Å². The number of alkyl halides is 6. The first-order valence-electron chi connectivity index (χ1n) is 10.2. The monoisotopic (exact) mass is 511 g/mol. The molecule has 12 heteroatoms. The zero-order valence-electron chi connectivity index (χ0n) is 18.6. The molecule has 1 heterocycles. The van der Waals surface area contributed by atoms with Gasteiger partial charge in [-0.25, -0.2) is 4.79 Å². The molecule has 0 unspecified atom stereocenters. The van der Waals surface area contributed by atoms with Gasteiger partial charge in [-0.3, -0.25) is 4.79 Å². The Kier molecular flexibility index (Phi) is 8.68. The number of hydrogen-bond donors (Lipinski definition) is 1. The lowest BCUT2D eigenvalue weighted by Gasteiger charge is -2.29. The van der Waals surface area contributed by atoms with Crippen molar-refractivity contribution in [3.63, 3.8) is 0 Å². The van der Waals surface area contributed by atoms with Gasteiger partial charge in [0.25, 0.3) is 0 Å². The number of halogens is 7. The molecule has 0 bridgehead atoms. The molecule has 3 amide bonds. The first-order valence-corrected chi connectivity index (χ1v) is 10.6. The second-order valence-electron chi connectivity index (χ2n) is 8.00. The van der Waals surface area contributed by atoms with Gasteiger partial charge in [0.05, 0.1) is 16.8 Å². The van der Waals surface area contributed by atoms with E-state index in [1.165, 1.54) is 11.9 Å². The number of hydrogen-bond acceptors (Lipinski definition) is 2. The van der Waals surface area contributed by atoms with Crippen molar-refractivity contribution in [3.05, 3.63) is 52.1 Å². The molecular weight excluding hydrogens is 488 g/mol. The molecule has 34 heavy (non-hydrogen) atoms. The summed E-state index contributed by atoms with van der Waals surface area (Å²) in [5.41, 5.74) is -3.13. The van der Waals surface area contributed by atoms with Crippen molar-refractivity contribution in [2.45, 2.75) is 45.1 Å². The summed E-state index contributed by atoms with van der Waals surface area (Å²) in [4.78, 5) is 28.1. The quantitative estimate of drug-likeness (QED) is 0.374. The molecule has 1 aromatic rings. The smallest absolute Gasteiger partial charge is 0.340 e. The number of carbonyl (C=O) groups is 2. The minimum absolute atomic E-state index is 0.0534. The highest BCUT2D eigenvalue weighted by Gasteiger charge is 2.40. The molecule has 0 aliphatic carbocycles. The molecule has 188 valence electrons. The fourth-order valence-electron chi connectivity index (χ4n) is 3.53. The van der Waals surface area contributed by atoms with Gasteiger partial charge >= 0.3 is 18.4 Å². The molecule has 1 aromatic carbocycles. The number of amides is 3. The lowest BCUT2D eigenvalue weighted by atomic mass is 10.1. The number of likely N-dealkylation sites (tertiary alicyclic amines) is 1. The van der Waals surface area contributed by atoms with Gasteiger partial charge in [-0.15, -0.1) is 0 Å². The number of anilines is 1. The first kappa shape index (κ1) is 27.6. The zero-order chi connectivity index (χ0) is 25.8. The highest BCUT2D eigenvalue weighted by molar-refractivity contribution is 6.29. The molecular formula is C22H24ClF6N3O2. The van der Waals surface area contributed by atoms with E-state index < -0.39 is 47.1 Å². The number of carbonyl (C=O) groups excluding carboxylic acids is 2. The van der Waals surface area contributed by atoms with Gasteiger partial charge in [-0.05, 0) is 51.0 Å². The molecule has 1 fully saturated rings. The summed E-state index contributed by atoms with van der Waals surface area (Å²) in [5.74, 6) is -0.407. The van der Waals surface area contributed by atoms with Crippen LogP contribution in [0.2, 0.25) is 0 Å². The minimum Gasteiger partial charge on any atom is -0.340 e. The summed E-state index contributed by atoms with van der Waals surface area (Å²) in [6.07, 6.45) is -5.98. The Labute approximate surface area is 198 Å². The van der Waals surface area contributed by atoms with Gasteiger partial charge in [0.15, 0.2) is 0 Å². The summed E-state index contributed by atoms with van der Waals surface area (Å²) in [6.45, 7) is 3.82. The Morgan fingerprint density at radius 1 is 1.15 bits per heavy atom. The molecule has 0 radical (unpaired) electrons. The number of urea groups is 1. The van der Waals surface area contributed by atoms with Gasteiger partial charge in [0.2, 0.25) is 5.91 Å². The number of allylic oxidation sites excluding steroid dienone is 3. The summed E-state index contributed by atoms with van der Waals surface area (Å²) >= 11 is 5.77. The predicted octanol–water partition coefficient (Wildman–Crippen LogP) is 6.27. The summed E-state index contributed by atoms with van der Waals surface area (Å²) in [7, 11) is 1.53. The molecule has 1 atom stereocenters. The summed E-state index contributed by atoms with van der Waals surface area (Å²) in [6, 6.07) is -0.947. The maximum absolute atomic E-state index is 13.4. The molecule has 1 aliphatic heterocycles. The molecule has 1 aliphatic rings. The largest absolute Gasteiger partial charge is 0.418 e. The molecule has 0 saturated carbocycles. The minimum atomic E-state index is -5.13. The topological polar surface area (TPSA) is 52.7 Å². The third-order valence-corrected chi connectivity index (χ3v) is 5.28. The van der Waals surface area contributed by atoms with Crippen LogP contribution in [0.1, 0.15) is 37.8 Å². The van der Waals surface area contributed by atoms with E-state index in [-0.39, 0.29) is 19.2 Å². The Morgan fingerprint density at radius 2 is 1.79 bits per heavy atom. The third-order valence-electron chi connectivity index (χ3n) is 5.15. The fourth-order valence-corrected chi connectivity index (χ4v) is 3.60. The van der Waals surface area contributed by atoms with Crippen LogP contribution >= 0.6 is 11.6 Å². The Hall–Kier alpha value is -2.69. The van der Waals surface area contributed by atoms with Crippen LogP contribution in [0.3, 0.4) is 0 Å². The van der Waals surface area contributed by atoms with Crippen molar-refractivity contribution in [2.75, 3.05) is 25.5 Å². The van der Waals surface area contributed by atoms with Gasteiger partial charge < -0.3 is 15.1 Å². The van der Waals surface area contributed by atoms with E-state index in [1.54, 1.807) is 26.0 Å². The van der Waals surface area contributed by atoms with Crippen molar-refractivity contribution >= 4 is 29.2 Å². The standard InChI is InChI=1S/C22H24ClF6N3O2/c1-13(6-7-14(2)23)12-31(3)19(33)18-5-4-10-32(18)20(34)30-17-9-8-15(21(24,25)26)11-16(17)22(27,28)29/h6-9,11,18H,4-5,10,12H2,1-3H3,(H,30,34)/b13-6+,14-7+/t18-/m1/s1. The average molecular weight is 512 g/mol. The van der Waals surface area contributed by atoms with Gasteiger partial charge in [0.1, 0.15) is 6.04 Å². The molecule has 0 spiro atoms. The zero-order valence-corrected chi connectivity index (χ0v) is 19.4. The molecule has 0 aromatic heterocycles. The van der Waals surface area contributed by atoms with Crippen LogP contribution in [0.4, 0.5) is 36.8 Å². The number of nitrogens with one attached hydrogen (secondary N) is 1. The molecule has 1 saturated heterocycles. The molecule has 2 rings (SSSR count). The van der Waals surface area contributed by atoms with E-state index in [0.29, 0.717) is 30.0 Å². The Morgan fingerprint density at radius 3 is 2.35 bits per heavy atom. The lowest BCUT2D eigenvalue weighted by Crippen LogP contribution is -2.48. The maximum atomic E-state index is 13.4. The second kappa shape index (κ2) is 10.7. The summed E-state index contributed by atoms with van der Waals surface area (Å²) in [5, 5.41) is 2.58. The van der Waals surface area contributed by atoms with Crippen molar-refractivity contribution in [3.8, 4) is 0 Å².